The molecule has 6 N–H and O–H groups in total. The van der Waals surface area contributed by atoms with Crippen molar-refractivity contribution in [2.45, 2.75) is 46.2 Å². The van der Waals surface area contributed by atoms with Crippen molar-refractivity contribution >= 4 is 35.1 Å². The van der Waals surface area contributed by atoms with E-state index in [1.165, 1.54) is 14.0 Å². The van der Waals surface area contributed by atoms with Crippen LogP contribution < -0.4 is 26.0 Å². The van der Waals surface area contributed by atoms with Gasteiger partial charge in [0, 0.05) is 43.4 Å². The maximum atomic E-state index is 12.6. The Morgan fingerprint density at radius 1 is 1.00 bits per heavy atom. The number of rotatable bonds is 13. The number of carboxylic acid groups (broad SMARTS) is 1. The van der Waals surface area contributed by atoms with Crippen LogP contribution >= 0.6 is 0 Å². The van der Waals surface area contributed by atoms with Crippen LogP contribution in [0, 0.1) is 13.8 Å². The van der Waals surface area contributed by atoms with Crippen LogP contribution in [0.5, 0.6) is 5.75 Å². The van der Waals surface area contributed by atoms with Gasteiger partial charge in [-0.1, -0.05) is 24.3 Å². The number of carboxylic acids is 1. The van der Waals surface area contributed by atoms with Crippen LogP contribution in [-0.2, 0) is 33.8 Å². The van der Waals surface area contributed by atoms with E-state index in [4.69, 9.17) is 4.74 Å². The van der Waals surface area contributed by atoms with E-state index in [1.807, 2.05) is 44.2 Å². The normalized spacial score (nSPS) is 11.4. The minimum atomic E-state index is -1.10. The molecule has 0 saturated carbocycles. The fourth-order valence-electron chi connectivity index (χ4n) is 4.21. The molecule has 11 heteroatoms. The van der Waals surface area contributed by atoms with Crippen LogP contribution in [0.2, 0.25) is 0 Å². The fourth-order valence-corrected chi connectivity index (χ4v) is 4.21. The minimum absolute atomic E-state index is 0.0415. The van der Waals surface area contributed by atoms with E-state index in [0.29, 0.717) is 23.7 Å². The number of carbonyl (C=O) groups excluding carboxylic acids is 3. The van der Waals surface area contributed by atoms with Gasteiger partial charge in [0.15, 0.2) is 5.78 Å². The second kappa shape index (κ2) is 13.9. The number of urea groups is 1. The molecule has 0 radical (unpaired) electrons. The minimum Gasteiger partial charge on any atom is -0.495 e. The van der Waals surface area contributed by atoms with Gasteiger partial charge in [-0.15, -0.1) is 0 Å². The summed E-state index contributed by atoms with van der Waals surface area (Å²) in [7, 11) is 1.49. The molecule has 1 aromatic heterocycles. The lowest BCUT2D eigenvalue weighted by Crippen LogP contribution is -2.41. The van der Waals surface area contributed by atoms with Crippen molar-refractivity contribution in [2.24, 2.45) is 0 Å². The zero-order valence-electron chi connectivity index (χ0n) is 23.0. The third-order valence-electron chi connectivity index (χ3n) is 6.22. The van der Waals surface area contributed by atoms with Gasteiger partial charge < -0.3 is 36.1 Å². The fraction of sp³-hybridized carbons (Fsp3) is 0.310. The summed E-state index contributed by atoms with van der Waals surface area (Å²) < 4.78 is 5.42. The number of methoxy groups -OCH3 is 1. The Balaban J connectivity index is 1.51. The predicted molar refractivity (Wildman–Crippen MR) is 152 cm³/mol. The third kappa shape index (κ3) is 8.70. The monoisotopic (exact) mass is 549 g/mol. The molecule has 0 spiro atoms. The topological polar surface area (TPSA) is 162 Å². The van der Waals surface area contributed by atoms with E-state index < -0.39 is 23.9 Å². The molecular formula is C29H35N5O6. The Kier molecular flexibility index (Phi) is 10.4. The van der Waals surface area contributed by atoms with Crippen molar-refractivity contribution < 1.29 is 29.0 Å². The number of carbonyl (C=O) groups is 4. The summed E-state index contributed by atoms with van der Waals surface area (Å²) >= 11 is 0. The SMILES string of the molecule is COc1cc(CC(=O)CNCc2cc(CC(NC(C)=O)C(=O)O)c(C)[nH]2)ccc1NC(=O)Nc1ccccc1C. The molecule has 0 saturated heterocycles. The van der Waals surface area contributed by atoms with Gasteiger partial charge in [0.05, 0.1) is 19.3 Å². The molecule has 0 aliphatic carbocycles. The second-order valence-electron chi connectivity index (χ2n) is 9.49. The van der Waals surface area contributed by atoms with Crippen LogP contribution in [-0.4, -0.2) is 53.5 Å². The number of aliphatic carboxylic acids is 1. The first-order chi connectivity index (χ1) is 19.0. The number of para-hydroxylation sites is 1. The van der Waals surface area contributed by atoms with Crippen LogP contribution in [0.25, 0.3) is 0 Å². The summed E-state index contributed by atoms with van der Waals surface area (Å²) in [5, 5.41) is 20.5. The smallest absolute Gasteiger partial charge is 0.326 e. The summed E-state index contributed by atoms with van der Waals surface area (Å²) in [6.07, 6.45) is 0.321. The molecule has 1 atom stereocenters. The molecule has 212 valence electrons. The summed E-state index contributed by atoms with van der Waals surface area (Å²) in [6, 6.07) is 13.0. The maximum absolute atomic E-state index is 12.6. The molecular weight excluding hydrogens is 514 g/mol. The van der Waals surface area contributed by atoms with E-state index in [0.717, 1.165) is 28.1 Å². The first-order valence-corrected chi connectivity index (χ1v) is 12.8. The predicted octanol–water partition coefficient (Wildman–Crippen LogP) is 3.32. The van der Waals surface area contributed by atoms with Gasteiger partial charge in [0.2, 0.25) is 5.91 Å². The molecule has 3 aromatic rings. The molecule has 0 bridgehead atoms. The van der Waals surface area contributed by atoms with Gasteiger partial charge in [-0.3, -0.25) is 9.59 Å². The third-order valence-corrected chi connectivity index (χ3v) is 6.22. The summed E-state index contributed by atoms with van der Waals surface area (Å²) in [6.45, 7) is 5.51. The number of hydrogen-bond acceptors (Lipinski definition) is 6. The average molecular weight is 550 g/mol. The molecule has 0 aliphatic rings. The highest BCUT2D eigenvalue weighted by Gasteiger charge is 2.21. The van der Waals surface area contributed by atoms with Crippen molar-refractivity contribution in [3.8, 4) is 5.75 Å². The standard InChI is InChI=1S/C29H35N5O6/c1-17-7-5-6-8-24(17)33-29(39)34-25-10-9-20(12-27(25)40-4)11-23(36)16-30-15-22-13-21(18(2)31-22)14-26(28(37)38)32-19(3)35/h5-10,12-13,26,30-31H,11,14-16H2,1-4H3,(H,32,35)(H,37,38)(H2,33,34,39). The molecule has 0 aliphatic heterocycles. The first kappa shape index (κ1) is 29.9. The second-order valence-corrected chi connectivity index (χ2v) is 9.49. The lowest BCUT2D eigenvalue weighted by molar-refractivity contribution is -0.141. The number of amides is 3. The zero-order valence-corrected chi connectivity index (χ0v) is 23.0. The Labute approximate surface area is 232 Å². The number of H-pyrrole nitrogens is 1. The van der Waals surface area contributed by atoms with E-state index in [-0.39, 0.29) is 25.2 Å². The molecule has 0 fully saturated rings. The van der Waals surface area contributed by atoms with Gasteiger partial charge in [-0.2, -0.15) is 0 Å². The number of nitrogens with one attached hydrogen (secondary N) is 5. The zero-order chi connectivity index (χ0) is 29.2. The number of aryl methyl sites for hydroxylation is 2. The highest BCUT2D eigenvalue weighted by atomic mass is 16.5. The number of ketones is 1. The molecule has 11 nitrogen and oxygen atoms in total. The van der Waals surface area contributed by atoms with Gasteiger partial charge >= 0.3 is 12.0 Å². The number of aromatic amines is 1. The molecule has 3 amide bonds. The molecule has 40 heavy (non-hydrogen) atoms. The van der Waals surface area contributed by atoms with Crippen LogP contribution in [0.15, 0.2) is 48.5 Å². The van der Waals surface area contributed by atoms with Gasteiger partial charge in [0.1, 0.15) is 11.8 Å². The Morgan fingerprint density at radius 2 is 1.73 bits per heavy atom. The largest absolute Gasteiger partial charge is 0.495 e. The van der Waals surface area contributed by atoms with Gasteiger partial charge in [-0.05, 0) is 54.8 Å². The average Bonchev–Trinajstić information content (AvgIpc) is 3.24. The van der Waals surface area contributed by atoms with Crippen molar-refractivity contribution in [3.63, 3.8) is 0 Å². The van der Waals surface area contributed by atoms with Crippen LogP contribution in [0.1, 0.15) is 35.0 Å². The number of ether oxygens (including phenoxy) is 1. The lowest BCUT2D eigenvalue weighted by Gasteiger charge is -2.13. The Morgan fingerprint density at radius 3 is 2.40 bits per heavy atom. The van der Waals surface area contributed by atoms with E-state index in [2.05, 4.69) is 26.3 Å². The lowest BCUT2D eigenvalue weighted by atomic mass is 10.1. The number of Topliss-reactive ketones (excluding diaryl/α,β-unsaturated/α-hetero) is 1. The maximum Gasteiger partial charge on any atom is 0.326 e. The van der Waals surface area contributed by atoms with Gasteiger partial charge in [0.25, 0.3) is 0 Å². The number of aromatic nitrogens is 1. The summed E-state index contributed by atoms with van der Waals surface area (Å²) in [4.78, 5) is 51.0. The Hall–Kier alpha value is -4.64. The van der Waals surface area contributed by atoms with E-state index in [1.54, 1.807) is 18.2 Å². The number of benzene rings is 2. The van der Waals surface area contributed by atoms with Crippen molar-refractivity contribution in [3.05, 3.63) is 76.6 Å². The number of hydrogen-bond donors (Lipinski definition) is 6. The van der Waals surface area contributed by atoms with Crippen LogP contribution in [0.3, 0.4) is 0 Å². The highest BCUT2D eigenvalue weighted by Crippen LogP contribution is 2.26. The van der Waals surface area contributed by atoms with Crippen molar-refractivity contribution in [2.75, 3.05) is 24.3 Å². The molecule has 1 heterocycles. The molecule has 2 aromatic carbocycles. The Bertz CT molecular complexity index is 1380. The molecule has 1 unspecified atom stereocenters. The quantitative estimate of drug-likeness (QED) is 0.191. The van der Waals surface area contributed by atoms with E-state index >= 15 is 0 Å². The first-order valence-electron chi connectivity index (χ1n) is 12.8. The summed E-state index contributed by atoms with van der Waals surface area (Å²) in [5.41, 5.74) is 5.23. The van der Waals surface area contributed by atoms with Crippen molar-refractivity contribution in [1.82, 2.24) is 15.6 Å². The number of anilines is 2. The highest BCUT2D eigenvalue weighted by molar-refractivity contribution is 6.01. The van der Waals surface area contributed by atoms with E-state index in [9.17, 15) is 24.3 Å². The molecule has 3 rings (SSSR count). The van der Waals surface area contributed by atoms with Crippen molar-refractivity contribution in [1.29, 1.82) is 0 Å². The van der Waals surface area contributed by atoms with Crippen LogP contribution in [0.4, 0.5) is 16.2 Å². The summed E-state index contributed by atoms with van der Waals surface area (Å²) in [5.74, 6) is -1.12. The van der Waals surface area contributed by atoms with Gasteiger partial charge in [-0.25, -0.2) is 9.59 Å².